The van der Waals surface area contributed by atoms with E-state index in [4.69, 9.17) is 4.98 Å². The van der Waals surface area contributed by atoms with Crippen molar-refractivity contribution in [2.75, 3.05) is 32.6 Å². The highest BCUT2D eigenvalue weighted by Gasteiger charge is 2.08. The highest BCUT2D eigenvalue weighted by molar-refractivity contribution is 7.11. The Bertz CT molecular complexity index is 957. The monoisotopic (exact) mass is 396 g/mol. The molecule has 3 aromatic rings. The van der Waals surface area contributed by atoms with Crippen LogP contribution in [0.25, 0.3) is 10.9 Å². The number of fused-ring (bicyclic) bond motifs is 1. The third kappa shape index (κ3) is 4.78. The Morgan fingerprint density at radius 3 is 2.61 bits per heavy atom. The first kappa shape index (κ1) is 20.1. The summed E-state index contributed by atoms with van der Waals surface area (Å²) in [4.78, 5) is 17.0. The number of nitrogens with one attached hydrogen (secondary N) is 2. The number of pyridine rings is 1. The molecule has 0 aliphatic heterocycles. The Hall–Kier alpha value is -2.67. The van der Waals surface area contributed by atoms with Crippen molar-refractivity contribution in [3.05, 3.63) is 51.5 Å². The number of thiazole rings is 1. The van der Waals surface area contributed by atoms with Crippen molar-refractivity contribution >= 4 is 34.0 Å². The molecule has 0 radical (unpaired) electrons. The first-order valence-corrected chi connectivity index (χ1v) is 10.2. The molecular formula is C21H28N6S. The summed E-state index contributed by atoms with van der Waals surface area (Å²) in [5.74, 6) is 1.74. The van der Waals surface area contributed by atoms with Gasteiger partial charge in [0.05, 0.1) is 16.2 Å². The first-order chi connectivity index (χ1) is 13.5. The number of benzene rings is 1. The van der Waals surface area contributed by atoms with Gasteiger partial charge in [-0.15, -0.1) is 11.3 Å². The number of aliphatic imine (C=N–C) groups is 1. The first-order valence-electron chi connectivity index (χ1n) is 9.41. The number of aryl methyl sites for hydroxylation is 2. The predicted octanol–water partition coefficient (Wildman–Crippen LogP) is 3.28. The van der Waals surface area contributed by atoms with Crippen molar-refractivity contribution in [2.45, 2.75) is 26.8 Å². The summed E-state index contributed by atoms with van der Waals surface area (Å²) in [6, 6.07) is 10.4. The van der Waals surface area contributed by atoms with Crippen LogP contribution in [0.3, 0.4) is 0 Å². The van der Waals surface area contributed by atoms with E-state index in [1.807, 2.05) is 31.1 Å². The maximum Gasteiger partial charge on any atom is 0.191 e. The molecule has 3 rings (SSSR count). The topological polar surface area (TPSA) is 65.4 Å². The van der Waals surface area contributed by atoms with Crippen molar-refractivity contribution in [2.24, 2.45) is 4.99 Å². The molecule has 28 heavy (non-hydrogen) atoms. The lowest BCUT2D eigenvalue weighted by molar-refractivity contribution is 0.792. The molecule has 0 atom stereocenters. The lowest BCUT2D eigenvalue weighted by Gasteiger charge is -2.16. The van der Waals surface area contributed by atoms with Gasteiger partial charge in [-0.25, -0.2) is 9.97 Å². The van der Waals surface area contributed by atoms with Gasteiger partial charge >= 0.3 is 0 Å². The third-order valence-electron chi connectivity index (χ3n) is 4.62. The molecule has 0 bridgehead atoms. The molecule has 2 N–H and O–H groups in total. The molecule has 0 saturated heterocycles. The van der Waals surface area contributed by atoms with Crippen molar-refractivity contribution in [3.63, 3.8) is 0 Å². The van der Waals surface area contributed by atoms with Crippen LogP contribution in [0, 0.1) is 13.8 Å². The minimum Gasteiger partial charge on any atom is -0.363 e. The van der Waals surface area contributed by atoms with Crippen LogP contribution >= 0.6 is 11.3 Å². The molecule has 0 amide bonds. The fourth-order valence-corrected chi connectivity index (χ4v) is 3.87. The fourth-order valence-electron chi connectivity index (χ4n) is 2.94. The number of hydrogen-bond acceptors (Lipinski definition) is 5. The summed E-state index contributed by atoms with van der Waals surface area (Å²) in [6.07, 6.45) is 0.892. The molecule has 2 aromatic heterocycles. The Balaban J connectivity index is 1.64. The average Bonchev–Trinajstić information content (AvgIpc) is 3.01. The second kappa shape index (κ2) is 9.01. The molecule has 0 aliphatic carbocycles. The highest BCUT2D eigenvalue weighted by Crippen LogP contribution is 2.22. The van der Waals surface area contributed by atoms with Gasteiger partial charge in [-0.3, -0.25) is 4.99 Å². The van der Waals surface area contributed by atoms with Gasteiger partial charge in [-0.2, -0.15) is 0 Å². The summed E-state index contributed by atoms with van der Waals surface area (Å²) in [6.45, 7) is 5.65. The quantitative estimate of drug-likeness (QED) is 0.494. The van der Waals surface area contributed by atoms with E-state index in [0.29, 0.717) is 6.54 Å². The van der Waals surface area contributed by atoms with E-state index in [0.717, 1.165) is 46.3 Å². The van der Waals surface area contributed by atoms with E-state index in [1.54, 1.807) is 18.4 Å². The average molecular weight is 397 g/mol. The van der Waals surface area contributed by atoms with Crippen LogP contribution in [0.1, 0.15) is 21.1 Å². The van der Waals surface area contributed by atoms with Crippen molar-refractivity contribution in [3.8, 4) is 0 Å². The van der Waals surface area contributed by atoms with E-state index in [9.17, 15) is 0 Å². The molecule has 7 heteroatoms. The van der Waals surface area contributed by atoms with Crippen LogP contribution in [-0.4, -0.2) is 43.6 Å². The van der Waals surface area contributed by atoms with Crippen LogP contribution in [0.15, 0.2) is 35.3 Å². The van der Waals surface area contributed by atoms with Crippen molar-refractivity contribution in [1.82, 2.24) is 20.6 Å². The van der Waals surface area contributed by atoms with E-state index in [1.165, 1.54) is 10.4 Å². The molecule has 0 spiro atoms. The molecule has 148 valence electrons. The Morgan fingerprint density at radius 2 is 1.93 bits per heavy atom. The Morgan fingerprint density at radius 1 is 1.14 bits per heavy atom. The molecule has 0 fully saturated rings. The zero-order chi connectivity index (χ0) is 20.1. The summed E-state index contributed by atoms with van der Waals surface area (Å²) in [5.41, 5.74) is 3.33. The van der Waals surface area contributed by atoms with Gasteiger partial charge in [0.15, 0.2) is 5.96 Å². The smallest absolute Gasteiger partial charge is 0.191 e. The van der Waals surface area contributed by atoms with Crippen LogP contribution in [0.2, 0.25) is 0 Å². The number of para-hydroxylation sites is 1. The lowest BCUT2D eigenvalue weighted by atomic mass is 10.1. The van der Waals surface area contributed by atoms with Crippen molar-refractivity contribution < 1.29 is 0 Å². The lowest BCUT2D eigenvalue weighted by Crippen LogP contribution is -2.37. The molecule has 0 saturated carbocycles. The molecule has 0 unspecified atom stereocenters. The van der Waals surface area contributed by atoms with Gasteiger partial charge in [0.1, 0.15) is 5.82 Å². The van der Waals surface area contributed by atoms with E-state index in [2.05, 4.69) is 52.7 Å². The summed E-state index contributed by atoms with van der Waals surface area (Å²) in [5, 5.41) is 9.12. The maximum absolute atomic E-state index is 4.72. The van der Waals surface area contributed by atoms with Crippen LogP contribution < -0.4 is 15.5 Å². The number of nitrogens with zero attached hydrogens (tertiary/aromatic N) is 4. The molecule has 1 aromatic carbocycles. The zero-order valence-electron chi connectivity index (χ0n) is 17.2. The molecule has 0 aliphatic rings. The number of aromatic nitrogens is 2. The number of anilines is 1. The van der Waals surface area contributed by atoms with Gasteiger partial charge < -0.3 is 15.5 Å². The van der Waals surface area contributed by atoms with Gasteiger partial charge in [0, 0.05) is 50.9 Å². The zero-order valence-corrected chi connectivity index (χ0v) is 18.0. The van der Waals surface area contributed by atoms with Gasteiger partial charge in [0.2, 0.25) is 0 Å². The highest BCUT2D eigenvalue weighted by atomic mass is 32.1. The largest absolute Gasteiger partial charge is 0.363 e. The predicted molar refractivity (Wildman–Crippen MR) is 120 cm³/mol. The van der Waals surface area contributed by atoms with Gasteiger partial charge in [-0.1, -0.05) is 18.2 Å². The van der Waals surface area contributed by atoms with Crippen molar-refractivity contribution in [1.29, 1.82) is 0 Å². The van der Waals surface area contributed by atoms with E-state index < -0.39 is 0 Å². The van der Waals surface area contributed by atoms with Gasteiger partial charge in [0.25, 0.3) is 0 Å². The number of rotatable bonds is 6. The summed E-state index contributed by atoms with van der Waals surface area (Å²) in [7, 11) is 5.82. The number of guanidine groups is 1. The van der Waals surface area contributed by atoms with E-state index in [-0.39, 0.29) is 0 Å². The minimum absolute atomic E-state index is 0.680. The van der Waals surface area contributed by atoms with E-state index >= 15 is 0 Å². The van der Waals surface area contributed by atoms with Crippen LogP contribution in [-0.2, 0) is 13.0 Å². The van der Waals surface area contributed by atoms with Crippen LogP contribution in [0.4, 0.5) is 5.82 Å². The SMILES string of the molecule is CN=C(NCCc1nc(C)c(C)s1)NCc1cc(N(C)C)nc2ccccc12. The summed E-state index contributed by atoms with van der Waals surface area (Å²) < 4.78 is 0. The summed E-state index contributed by atoms with van der Waals surface area (Å²) >= 11 is 1.77. The second-order valence-corrected chi connectivity index (χ2v) is 8.19. The Labute approximate surface area is 170 Å². The number of hydrogen-bond donors (Lipinski definition) is 2. The normalized spacial score (nSPS) is 11.7. The molecule has 2 heterocycles. The Kier molecular flexibility index (Phi) is 6.46. The van der Waals surface area contributed by atoms with Gasteiger partial charge in [-0.05, 0) is 31.5 Å². The molecular weight excluding hydrogens is 368 g/mol. The standard InChI is InChI=1S/C21H28N6S/c1-14-15(2)28-20(25-14)10-11-23-21(22-3)24-13-16-12-19(27(4)5)26-18-9-7-6-8-17(16)18/h6-9,12H,10-11,13H2,1-5H3,(H2,22,23,24). The van der Waals surface area contributed by atoms with Crippen LogP contribution in [0.5, 0.6) is 0 Å². The molecule has 6 nitrogen and oxygen atoms in total. The third-order valence-corrected chi connectivity index (χ3v) is 5.75. The maximum atomic E-state index is 4.72. The minimum atomic E-state index is 0.680. The fraction of sp³-hybridized carbons (Fsp3) is 0.381. The second-order valence-electron chi connectivity index (χ2n) is 6.90.